The Hall–Kier alpha value is -1.39. The zero-order valence-corrected chi connectivity index (χ0v) is 11.5. The number of hydrogen-bond donors (Lipinski definition) is 1. The molecule has 1 atom stereocenters. The van der Waals surface area contributed by atoms with Crippen LogP contribution in [0.5, 0.6) is 0 Å². The summed E-state index contributed by atoms with van der Waals surface area (Å²) in [6, 6.07) is 10.4. The van der Waals surface area contributed by atoms with E-state index in [-0.39, 0.29) is 6.54 Å². The van der Waals surface area contributed by atoms with E-state index < -0.39 is 5.97 Å². The van der Waals surface area contributed by atoms with Gasteiger partial charge in [-0.1, -0.05) is 30.3 Å². The van der Waals surface area contributed by atoms with Gasteiger partial charge in [-0.2, -0.15) is 0 Å². The van der Waals surface area contributed by atoms with Crippen molar-refractivity contribution in [3.8, 4) is 0 Å². The summed E-state index contributed by atoms with van der Waals surface area (Å²) in [7, 11) is 2.13. The zero-order chi connectivity index (χ0) is 13.7. The average Bonchev–Trinajstić information content (AvgIpc) is 2.76. The van der Waals surface area contributed by atoms with Crippen LogP contribution in [0, 0.1) is 5.92 Å². The molecule has 1 N–H and O–H groups in total. The molecular weight excluding hydrogens is 240 g/mol. The number of carbonyl (C=O) groups is 1. The highest BCUT2D eigenvalue weighted by molar-refractivity contribution is 5.69. The minimum Gasteiger partial charge on any atom is -0.480 e. The topological polar surface area (TPSA) is 43.8 Å². The first-order valence-corrected chi connectivity index (χ1v) is 6.80. The smallest absolute Gasteiger partial charge is 0.317 e. The van der Waals surface area contributed by atoms with Gasteiger partial charge < -0.3 is 10.0 Å². The third-order valence-corrected chi connectivity index (χ3v) is 3.59. The zero-order valence-electron chi connectivity index (χ0n) is 11.5. The van der Waals surface area contributed by atoms with Crippen LogP contribution in [0.4, 0.5) is 0 Å². The third kappa shape index (κ3) is 4.65. The summed E-state index contributed by atoms with van der Waals surface area (Å²) in [4.78, 5) is 15.0. The van der Waals surface area contributed by atoms with E-state index >= 15 is 0 Å². The maximum atomic E-state index is 10.7. The molecule has 1 aliphatic rings. The van der Waals surface area contributed by atoms with Crippen molar-refractivity contribution in [1.29, 1.82) is 0 Å². The highest BCUT2D eigenvalue weighted by Crippen LogP contribution is 2.17. The first-order valence-electron chi connectivity index (χ1n) is 6.80. The van der Waals surface area contributed by atoms with Crippen LogP contribution in [0.15, 0.2) is 30.3 Å². The molecule has 104 valence electrons. The molecule has 1 saturated heterocycles. The van der Waals surface area contributed by atoms with Crippen molar-refractivity contribution in [3.63, 3.8) is 0 Å². The molecule has 0 saturated carbocycles. The number of likely N-dealkylation sites (tertiary alicyclic amines) is 1. The summed E-state index contributed by atoms with van der Waals surface area (Å²) < 4.78 is 0. The Morgan fingerprint density at radius 3 is 2.84 bits per heavy atom. The Morgan fingerprint density at radius 2 is 2.16 bits per heavy atom. The van der Waals surface area contributed by atoms with Crippen LogP contribution in [0.2, 0.25) is 0 Å². The summed E-state index contributed by atoms with van der Waals surface area (Å²) in [5.74, 6) is -0.133. The number of aliphatic carboxylic acids is 1. The van der Waals surface area contributed by atoms with E-state index in [2.05, 4.69) is 36.2 Å². The third-order valence-electron chi connectivity index (χ3n) is 3.59. The molecule has 1 aromatic carbocycles. The fourth-order valence-electron chi connectivity index (χ4n) is 2.80. The number of rotatable bonds is 6. The van der Waals surface area contributed by atoms with Crippen molar-refractivity contribution in [1.82, 2.24) is 9.80 Å². The number of carboxylic acid groups (broad SMARTS) is 1. The van der Waals surface area contributed by atoms with Crippen molar-refractivity contribution in [2.45, 2.75) is 13.0 Å². The molecular formula is C15H22N2O2. The molecule has 1 fully saturated rings. The molecule has 4 nitrogen and oxygen atoms in total. The van der Waals surface area contributed by atoms with Crippen molar-refractivity contribution < 1.29 is 9.90 Å². The second kappa shape index (κ2) is 6.68. The summed E-state index contributed by atoms with van der Waals surface area (Å²) in [6.07, 6.45) is 1.10. The normalized spacial score (nSPS) is 20.0. The van der Waals surface area contributed by atoms with Gasteiger partial charge in [-0.15, -0.1) is 0 Å². The van der Waals surface area contributed by atoms with E-state index in [1.807, 2.05) is 11.0 Å². The SMILES string of the molecule is CN(Cc1ccccc1)C[C@@H]1CCN(CC(=O)O)C1. The summed E-state index contributed by atoms with van der Waals surface area (Å²) in [5, 5.41) is 8.78. The first-order chi connectivity index (χ1) is 9.13. The molecule has 0 spiro atoms. The maximum Gasteiger partial charge on any atom is 0.317 e. The molecule has 1 aliphatic heterocycles. The predicted molar refractivity (Wildman–Crippen MR) is 75.0 cm³/mol. The summed E-state index contributed by atoms with van der Waals surface area (Å²) in [6.45, 7) is 3.99. The number of hydrogen-bond acceptors (Lipinski definition) is 3. The Bertz CT molecular complexity index is 408. The Morgan fingerprint density at radius 1 is 1.42 bits per heavy atom. The van der Waals surface area contributed by atoms with Crippen molar-refractivity contribution in [2.24, 2.45) is 5.92 Å². The Labute approximate surface area is 114 Å². The van der Waals surface area contributed by atoms with Gasteiger partial charge in [0.1, 0.15) is 0 Å². The van der Waals surface area contributed by atoms with Crippen molar-refractivity contribution in [3.05, 3.63) is 35.9 Å². The van der Waals surface area contributed by atoms with Gasteiger partial charge >= 0.3 is 5.97 Å². The van der Waals surface area contributed by atoms with Gasteiger partial charge in [0.25, 0.3) is 0 Å². The first kappa shape index (κ1) is 14.0. The van der Waals surface area contributed by atoms with Gasteiger partial charge in [-0.05, 0) is 31.5 Å². The molecule has 0 radical (unpaired) electrons. The second-order valence-electron chi connectivity index (χ2n) is 5.47. The molecule has 1 heterocycles. The van der Waals surface area contributed by atoms with E-state index in [0.717, 1.165) is 32.6 Å². The van der Waals surface area contributed by atoms with Crippen LogP contribution in [0.1, 0.15) is 12.0 Å². The molecule has 0 aromatic heterocycles. The van der Waals surface area contributed by atoms with Crippen LogP contribution >= 0.6 is 0 Å². The fraction of sp³-hybridized carbons (Fsp3) is 0.533. The van der Waals surface area contributed by atoms with E-state index in [4.69, 9.17) is 5.11 Å². The van der Waals surface area contributed by atoms with Gasteiger partial charge in [0, 0.05) is 19.6 Å². The average molecular weight is 262 g/mol. The molecule has 2 rings (SSSR count). The van der Waals surface area contributed by atoms with E-state index in [1.165, 1.54) is 5.56 Å². The lowest BCUT2D eigenvalue weighted by molar-refractivity contribution is -0.138. The minimum absolute atomic E-state index is 0.179. The second-order valence-corrected chi connectivity index (χ2v) is 5.47. The van der Waals surface area contributed by atoms with Crippen LogP contribution in [-0.4, -0.2) is 54.1 Å². The fourth-order valence-corrected chi connectivity index (χ4v) is 2.80. The minimum atomic E-state index is -0.724. The van der Waals surface area contributed by atoms with Crippen LogP contribution in [0.25, 0.3) is 0 Å². The Kier molecular flexibility index (Phi) is 4.93. The largest absolute Gasteiger partial charge is 0.480 e. The van der Waals surface area contributed by atoms with Crippen LogP contribution in [-0.2, 0) is 11.3 Å². The molecule has 0 bridgehead atoms. The lowest BCUT2D eigenvalue weighted by Crippen LogP contribution is -2.30. The lowest BCUT2D eigenvalue weighted by atomic mass is 10.1. The van der Waals surface area contributed by atoms with Gasteiger partial charge in [0.15, 0.2) is 0 Å². The monoisotopic (exact) mass is 262 g/mol. The number of benzene rings is 1. The summed E-state index contributed by atoms with van der Waals surface area (Å²) in [5.41, 5.74) is 1.32. The highest BCUT2D eigenvalue weighted by Gasteiger charge is 2.24. The quantitative estimate of drug-likeness (QED) is 0.844. The maximum absolute atomic E-state index is 10.7. The van der Waals surface area contributed by atoms with Crippen molar-refractivity contribution in [2.75, 3.05) is 33.2 Å². The predicted octanol–water partition coefficient (Wildman–Crippen LogP) is 1.52. The van der Waals surface area contributed by atoms with E-state index in [0.29, 0.717) is 5.92 Å². The van der Waals surface area contributed by atoms with E-state index in [1.54, 1.807) is 0 Å². The molecule has 4 heteroatoms. The number of nitrogens with zero attached hydrogens (tertiary/aromatic N) is 2. The van der Waals surface area contributed by atoms with Gasteiger partial charge in [-0.25, -0.2) is 0 Å². The molecule has 19 heavy (non-hydrogen) atoms. The van der Waals surface area contributed by atoms with Gasteiger partial charge in [0.2, 0.25) is 0 Å². The molecule has 0 aliphatic carbocycles. The Balaban J connectivity index is 1.74. The standard InChI is InChI=1S/C15H22N2O2/c1-16(9-13-5-3-2-4-6-13)10-14-7-8-17(11-14)12-15(18)19/h2-6,14H,7-12H2,1H3,(H,18,19)/t14-/m0/s1. The van der Waals surface area contributed by atoms with Crippen LogP contribution < -0.4 is 0 Å². The van der Waals surface area contributed by atoms with Crippen molar-refractivity contribution >= 4 is 5.97 Å². The molecule has 1 aromatic rings. The molecule has 0 amide bonds. The summed E-state index contributed by atoms with van der Waals surface area (Å²) >= 11 is 0. The molecule has 0 unspecified atom stereocenters. The van der Waals surface area contributed by atoms with Gasteiger partial charge in [-0.3, -0.25) is 9.69 Å². The highest BCUT2D eigenvalue weighted by atomic mass is 16.4. The van der Waals surface area contributed by atoms with E-state index in [9.17, 15) is 4.79 Å². The number of carboxylic acids is 1. The van der Waals surface area contributed by atoms with Crippen LogP contribution in [0.3, 0.4) is 0 Å². The van der Waals surface area contributed by atoms with Gasteiger partial charge in [0.05, 0.1) is 6.54 Å². The lowest BCUT2D eigenvalue weighted by Gasteiger charge is -2.21.